The van der Waals surface area contributed by atoms with Crippen LogP contribution in [-0.2, 0) is 10.8 Å². The Morgan fingerprint density at radius 1 is 0.316 bits per heavy atom. The fourth-order valence-electron chi connectivity index (χ4n) is 14.3. The summed E-state index contributed by atoms with van der Waals surface area (Å²) >= 11 is 0. The Morgan fingerprint density at radius 2 is 0.747 bits per heavy atom. The van der Waals surface area contributed by atoms with E-state index in [9.17, 15) is 0 Å². The van der Waals surface area contributed by atoms with Crippen molar-refractivity contribution in [2.45, 2.75) is 90.9 Å². The number of fused-ring (bicyclic) bond motifs is 12. The van der Waals surface area contributed by atoms with E-state index in [0.29, 0.717) is 0 Å². The highest BCUT2D eigenvalue weighted by molar-refractivity contribution is 7.03. The van der Waals surface area contributed by atoms with Gasteiger partial charge < -0.3 is 9.80 Å². The Morgan fingerprint density at radius 3 is 1.30 bits per heavy atom. The van der Waals surface area contributed by atoms with E-state index in [2.05, 4.69) is 296 Å². The number of anilines is 6. The third-order valence-corrected chi connectivity index (χ3v) is 26.4. The van der Waals surface area contributed by atoms with Crippen LogP contribution in [0.25, 0.3) is 65.7 Å². The van der Waals surface area contributed by atoms with E-state index < -0.39 is 24.2 Å². The maximum atomic E-state index is 2.59. The fourth-order valence-corrected chi connectivity index (χ4v) is 19.7. The second kappa shape index (κ2) is 17.2. The largest absolute Gasteiger partial charge is 0.310 e. The van der Waals surface area contributed by atoms with Crippen LogP contribution in [0.5, 0.6) is 0 Å². The van der Waals surface area contributed by atoms with Crippen LogP contribution >= 0.6 is 0 Å². The van der Waals surface area contributed by atoms with Crippen LogP contribution in [0.4, 0.5) is 34.1 Å². The Balaban J connectivity index is 0.965. The molecule has 0 saturated heterocycles. The molecule has 5 heteroatoms. The van der Waals surface area contributed by atoms with Crippen molar-refractivity contribution in [1.29, 1.82) is 0 Å². The Bertz CT molecular complexity index is 4360. The van der Waals surface area contributed by atoms with Gasteiger partial charge in [-0.15, -0.1) is 0 Å². The van der Waals surface area contributed by atoms with Crippen molar-refractivity contribution in [1.82, 2.24) is 0 Å². The molecule has 2 nitrogen and oxygen atoms in total. The molecule has 0 aromatic heterocycles. The highest BCUT2D eigenvalue weighted by Crippen LogP contribution is 2.54. The normalized spacial score (nSPS) is 15.1. The van der Waals surface area contributed by atoms with Crippen molar-refractivity contribution in [3.8, 4) is 33.4 Å². The van der Waals surface area contributed by atoms with Gasteiger partial charge >= 0.3 is 0 Å². The lowest BCUT2D eigenvalue weighted by Crippen LogP contribution is -2.56. The summed E-state index contributed by atoms with van der Waals surface area (Å²) in [5.74, 6) is 0. The van der Waals surface area contributed by atoms with Gasteiger partial charge in [-0.2, -0.15) is 0 Å². The first kappa shape index (κ1) is 49.7. The first-order valence-corrected chi connectivity index (χ1v) is 38.6. The highest BCUT2D eigenvalue weighted by Gasteiger charge is 2.40. The van der Waals surface area contributed by atoms with Crippen molar-refractivity contribution in [2.75, 3.05) is 9.80 Å². The van der Waals surface area contributed by atoms with E-state index in [1.165, 1.54) is 143 Å². The lowest BCUT2D eigenvalue weighted by Gasteiger charge is -2.36. The van der Waals surface area contributed by atoms with Crippen molar-refractivity contribution in [3.63, 3.8) is 0 Å². The SMILES string of the molecule is CC1(C)c2ccccc2-c2ccc(N(c3ccc([Si](C)(C)C)cc3)c3ccc4c(c3)[Si](C)(C)c3cccc5c3c-4cc3c4ccccc4c(N(c4ccc([Si](C)(C)C)cc4)c4ccc6c(c4)C(C)(C)c4ccccc4-6)cc53)cc21. The van der Waals surface area contributed by atoms with Crippen LogP contribution in [0.2, 0.25) is 52.4 Å². The minimum atomic E-state index is -2.34. The molecule has 11 aromatic carbocycles. The molecule has 0 atom stereocenters. The average molecular weight is 1070 g/mol. The summed E-state index contributed by atoms with van der Waals surface area (Å²) in [5.41, 5.74) is 20.6. The average Bonchev–Trinajstić information content (AvgIpc) is 3.99. The van der Waals surface area contributed by atoms with Crippen LogP contribution < -0.4 is 30.5 Å². The number of benzene rings is 11. The minimum Gasteiger partial charge on any atom is -0.310 e. The monoisotopic (exact) mass is 1070 g/mol. The maximum absolute atomic E-state index is 2.59. The summed E-state index contributed by atoms with van der Waals surface area (Å²) in [6.45, 7) is 29.4. The lowest BCUT2D eigenvalue weighted by molar-refractivity contribution is 0.660. The molecule has 0 spiro atoms. The fraction of sp³-hybridized carbons (Fsp3) is 0.189. The molecular formula is C74H70N2Si3. The van der Waals surface area contributed by atoms with Gasteiger partial charge in [0.25, 0.3) is 0 Å². The van der Waals surface area contributed by atoms with Crippen molar-refractivity contribution < 1.29 is 0 Å². The zero-order valence-electron chi connectivity index (χ0n) is 48.0. The van der Waals surface area contributed by atoms with E-state index in [-0.39, 0.29) is 10.8 Å². The van der Waals surface area contributed by atoms with Gasteiger partial charge in [0.1, 0.15) is 8.07 Å². The first-order chi connectivity index (χ1) is 37.7. The molecule has 79 heavy (non-hydrogen) atoms. The van der Waals surface area contributed by atoms with Crippen molar-refractivity contribution in [2.24, 2.45) is 0 Å². The second-order valence-corrected chi connectivity index (χ2v) is 41.1. The molecule has 11 aromatic rings. The summed E-state index contributed by atoms with van der Waals surface area (Å²) in [7, 11) is -5.43. The molecule has 1 heterocycles. The third-order valence-electron chi connectivity index (χ3n) is 18.7. The highest BCUT2D eigenvalue weighted by atomic mass is 28.3. The predicted molar refractivity (Wildman–Crippen MR) is 352 cm³/mol. The number of rotatable bonds is 8. The van der Waals surface area contributed by atoms with E-state index in [0.717, 1.165) is 0 Å². The Labute approximate surface area is 471 Å². The van der Waals surface area contributed by atoms with E-state index >= 15 is 0 Å². The van der Waals surface area contributed by atoms with Gasteiger partial charge in [0, 0.05) is 44.7 Å². The summed E-state index contributed by atoms with van der Waals surface area (Å²) in [6.07, 6.45) is 0. The quantitative estimate of drug-likeness (QED) is 0.111. The summed E-state index contributed by atoms with van der Waals surface area (Å²) in [6, 6.07) is 80.5. The molecule has 2 aliphatic carbocycles. The van der Waals surface area contributed by atoms with Crippen LogP contribution in [0, 0.1) is 0 Å². The first-order valence-electron chi connectivity index (χ1n) is 28.6. The summed E-state index contributed by atoms with van der Waals surface area (Å²) in [5, 5.41) is 13.8. The zero-order valence-corrected chi connectivity index (χ0v) is 51.0. The molecule has 0 fully saturated rings. The number of nitrogens with zero attached hydrogens (tertiary/aromatic N) is 2. The van der Waals surface area contributed by atoms with Gasteiger partial charge in [-0.05, 0) is 166 Å². The maximum Gasteiger partial charge on any atom is 0.113 e. The second-order valence-electron chi connectivity index (χ2n) is 26.6. The van der Waals surface area contributed by atoms with E-state index in [4.69, 9.17) is 0 Å². The molecule has 388 valence electrons. The lowest BCUT2D eigenvalue weighted by atomic mass is 9.82. The molecular weight excluding hydrogens is 1000 g/mol. The van der Waals surface area contributed by atoms with Gasteiger partial charge in [-0.1, -0.05) is 224 Å². The van der Waals surface area contributed by atoms with Crippen LogP contribution in [0.3, 0.4) is 0 Å². The van der Waals surface area contributed by atoms with Crippen LogP contribution in [0.15, 0.2) is 206 Å². The predicted octanol–water partition coefficient (Wildman–Crippen LogP) is 18.6. The van der Waals surface area contributed by atoms with E-state index in [1.54, 1.807) is 0 Å². The number of hydrogen-bond donors (Lipinski definition) is 0. The summed E-state index contributed by atoms with van der Waals surface area (Å²) in [4.78, 5) is 5.10. The molecule has 0 radical (unpaired) electrons. The van der Waals surface area contributed by atoms with E-state index in [1.807, 2.05) is 0 Å². The van der Waals surface area contributed by atoms with Crippen LogP contribution in [0.1, 0.15) is 49.9 Å². The number of hydrogen-bond acceptors (Lipinski definition) is 2. The van der Waals surface area contributed by atoms with Gasteiger partial charge in [0.15, 0.2) is 0 Å². The Hall–Kier alpha value is -7.55. The standard InChI is InChI=1S/C74H70N2Si3/c1-73(2)65-25-17-15-21-55(65)57-39-32-49(42-67(57)73)75(47-28-35-52(36-29-47)77(5,6)7)51-34-41-60-64-45-62-54-20-13-14-23-59(54)69(46-63(62)61-24-19-27-70(72(61)64)79(11,12)71(60)44-51)76(48-30-37-53(38-31-48)78(8,9)10)50-33-40-58-56-22-16-18-26-66(56)74(3,4)68(58)43-50/h13-46H,1-12H3. The summed E-state index contributed by atoms with van der Waals surface area (Å²) < 4.78 is 0. The van der Waals surface area contributed by atoms with Crippen LogP contribution in [-0.4, -0.2) is 24.2 Å². The topological polar surface area (TPSA) is 6.48 Å². The molecule has 14 rings (SSSR count). The van der Waals surface area contributed by atoms with Gasteiger partial charge in [0.05, 0.1) is 21.8 Å². The zero-order chi connectivity index (χ0) is 54.7. The molecule has 0 saturated carbocycles. The minimum absolute atomic E-state index is 0.112. The molecule has 0 unspecified atom stereocenters. The molecule has 0 bridgehead atoms. The molecule has 1 aliphatic heterocycles. The van der Waals surface area contributed by atoms with Crippen molar-refractivity contribution in [3.05, 3.63) is 229 Å². The van der Waals surface area contributed by atoms with Gasteiger partial charge in [-0.25, -0.2) is 0 Å². The Kier molecular flexibility index (Phi) is 10.8. The molecule has 0 N–H and O–H groups in total. The third kappa shape index (κ3) is 7.45. The molecule has 0 amide bonds. The van der Waals surface area contributed by atoms with Gasteiger partial charge in [-0.3, -0.25) is 0 Å². The van der Waals surface area contributed by atoms with Gasteiger partial charge in [0.2, 0.25) is 0 Å². The molecule has 3 aliphatic rings. The smallest absolute Gasteiger partial charge is 0.113 e. The van der Waals surface area contributed by atoms with Crippen molar-refractivity contribution >= 4 is 111 Å².